The Bertz CT molecular complexity index is 657. The van der Waals surface area contributed by atoms with E-state index in [1.165, 1.54) is 0 Å². The predicted molar refractivity (Wildman–Crippen MR) is 86.7 cm³/mol. The average Bonchev–Trinajstić information content (AvgIpc) is 2.73. The van der Waals surface area contributed by atoms with Gasteiger partial charge >= 0.3 is 17.8 Å². The summed E-state index contributed by atoms with van der Waals surface area (Å²) in [6, 6.07) is 8.31. The van der Waals surface area contributed by atoms with Crippen molar-refractivity contribution < 1.29 is 19.2 Å². The first-order valence-corrected chi connectivity index (χ1v) is 7.83. The molecule has 1 aliphatic heterocycles. The normalized spacial score (nSPS) is 16.1. The van der Waals surface area contributed by atoms with Gasteiger partial charge in [-0.25, -0.2) is 9.69 Å². The first kappa shape index (κ1) is 17.7. The Balaban J connectivity index is 2.00. The van der Waals surface area contributed by atoms with Gasteiger partial charge in [0, 0.05) is 6.54 Å². The van der Waals surface area contributed by atoms with Crippen molar-refractivity contribution in [3.63, 3.8) is 0 Å². The van der Waals surface area contributed by atoms with Crippen LogP contribution in [-0.2, 0) is 14.4 Å². The molecule has 0 saturated carbocycles. The van der Waals surface area contributed by atoms with Crippen molar-refractivity contribution in [2.45, 2.75) is 26.8 Å². The Morgan fingerprint density at radius 3 is 2.17 bits per heavy atom. The van der Waals surface area contributed by atoms with Crippen molar-refractivity contribution >= 4 is 23.8 Å². The summed E-state index contributed by atoms with van der Waals surface area (Å²) in [5.41, 5.74) is 0.905. The highest BCUT2D eigenvalue weighted by Crippen LogP contribution is 2.15. The molecular weight excluding hydrogens is 310 g/mol. The Hall–Kier alpha value is -2.70. The molecular formula is C17H21N3O4. The van der Waals surface area contributed by atoms with Crippen LogP contribution >= 0.6 is 0 Å². The Morgan fingerprint density at radius 2 is 1.58 bits per heavy atom. The fourth-order valence-corrected chi connectivity index (χ4v) is 2.47. The molecule has 1 aromatic carbocycles. The molecule has 0 spiro atoms. The zero-order chi connectivity index (χ0) is 17.9. The third-order valence-corrected chi connectivity index (χ3v) is 3.66. The minimum atomic E-state index is -0.955. The number of carbonyl (C=O) groups excluding carboxylic acids is 4. The SMILES string of the molecule is CC(C)CN1C(=O)C(=O)N(CC(=O)N[C@@H](C)c2ccccc2)C1=O. The second-order valence-corrected chi connectivity index (χ2v) is 6.18. The lowest BCUT2D eigenvalue weighted by Gasteiger charge is -2.18. The molecule has 0 aromatic heterocycles. The van der Waals surface area contributed by atoms with Gasteiger partial charge in [0.25, 0.3) is 0 Å². The van der Waals surface area contributed by atoms with Gasteiger partial charge in [-0.15, -0.1) is 0 Å². The third kappa shape index (κ3) is 3.79. The van der Waals surface area contributed by atoms with Gasteiger partial charge in [-0.3, -0.25) is 19.3 Å². The minimum Gasteiger partial charge on any atom is -0.348 e. The zero-order valence-electron chi connectivity index (χ0n) is 14.0. The summed E-state index contributed by atoms with van der Waals surface area (Å²) < 4.78 is 0. The smallest absolute Gasteiger partial charge is 0.334 e. The summed E-state index contributed by atoms with van der Waals surface area (Å²) in [6.07, 6.45) is 0. The maximum absolute atomic E-state index is 12.2. The molecule has 1 heterocycles. The Labute approximate surface area is 140 Å². The van der Waals surface area contributed by atoms with Crippen LogP contribution in [0.3, 0.4) is 0 Å². The summed E-state index contributed by atoms with van der Waals surface area (Å²) in [4.78, 5) is 49.7. The van der Waals surface area contributed by atoms with Crippen molar-refractivity contribution in [1.82, 2.24) is 15.1 Å². The van der Waals surface area contributed by atoms with Gasteiger partial charge in [0.1, 0.15) is 6.54 Å². The number of imide groups is 2. The predicted octanol–water partition coefficient (Wildman–Crippen LogP) is 1.31. The number of rotatable bonds is 6. The molecule has 1 aromatic rings. The molecule has 1 fully saturated rings. The van der Waals surface area contributed by atoms with E-state index < -0.39 is 30.3 Å². The van der Waals surface area contributed by atoms with Gasteiger partial charge in [-0.2, -0.15) is 0 Å². The van der Waals surface area contributed by atoms with Crippen LogP contribution in [0.1, 0.15) is 32.4 Å². The first-order chi connectivity index (χ1) is 11.3. The average molecular weight is 331 g/mol. The van der Waals surface area contributed by atoms with E-state index in [0.29, 0.717) is 4.90 Å². The standard InChI is InChI=1S/C17H21N3O4/c1-11(2)9-19-15(22)16(23)20(17(19)24)10-14(21)18-12(3)13-7-5-4-6-8-13/h4-8,11-12H,9-10H2,1-3H3,(H,18,21)/t12-/m0/s1. The second kappa shape index (κ2) is 7.25. The monoisotopic (exact) mass is 331 g/mol. The van der Waals surface area contributed by atoms with Gasteiger partial charge in [0.15, 0.2) is 0 Å². The second-order valence-electron chi connectivity index (χ2n) is 6.18. The van der Waals surface area contributed by atoms with E-state index in [4.69, 9.17) is 0 Å². The van der Waals surface area contributed by atoms with Crippen LogP contribution in [0.25, 0.3) is 0 Å². The van der Waals surface area contributed by atoms with Crippen LogP contribution in [0.5, 0.6) is 0 Å². The molecule has 7 nitrogen and oxygen atoms in total. The van der Waals surface area contributed by atoms with Gasteiger partial charge in [-0.05, 0) is 18.4 Å². The number of nitrogens with one attached hydrogen (secondary N) is 1. The van der Waals surface area contributed by atoms with Gasteiger partial charge in [0.2, 0.25) is 5.91 Å². The van der Waals surface area contributed by atoms with Crippen molar-refractivity contribution in [2.24, 2.45) is 5.92 Å². The van der Waals surface area contributed by atoms with Crippen molar-refractivity contribution in [3.8, 4) is 0 Å². The number of hydrogen-bond donors (Lipinski definition) is 1. The van der Waals surface area contributed by atoms with Gasteiger partial charge < -0.3 is 5.32 Å². The third-order valence-electron chi connectivity index (χ3n) is 3.66. The maximum atomic E-state index is 12.2. The summed E-state index contributed by atoms with van der Waals surface area (Å²) in [5, 5.41) is 2.72. The van der Waals surface area contributed by atoms with E-state index >= 15 is 0 Å². The van der Waals surface area contributed by atoms with E-state index in [1.54, 1.807) is 6.92 Å². The molecule has 5 amide bonds. The van der Waals surface area contributed by atoms with E-state index in [9.17, 15) is 19.2 Å². The highest BCUT2D eigenvalue weighted by atomic mass is 16.2. The molecule has 0 unspecified atom stereocenters. The number of benzene rings is 1. The molecule has 7 heteroatoms. The van der Waals surface area contributed by atoms with Crippen LogP contribution in [0.4, 0.5) is 4.79 Å². The molecule has 128 valence electrons. The number of amides is 5. The van der Waals surface area contributed by atoms with Crippen LogP contribution in [0, 0.1) is 5.92 Å². The van der Waals surface area contributed by atoms with Crippen molar-refractivity contribution in [1.29, 1.82) is 0 Å². The van der Waals surface area contributed by atoms with Crippen LogP contribution in [0.15, 0.2) is 30.3 Å². The van der Waals surface area contributed by atoms with Crippen molar-refractivity contribution in [2.75, 3.05) is 13.1 Å². The topological polar surface area (TPSA) is 86.8 Å². The first-order valence-electron chi connectivity index (χ1n) is 7.83. The fraction of sp³-hybridized carbons (Fsp3) is 0.412. The molecule has 0 radical (unpaired) electrons. The fourth-order valence-electron chi connectivity index (χ4n) is 2.47. The number of urea groups is 1. The molecule has 1 N–H and O–H groups in total. The molecule has 1 saturated heterocycles. The van der Waals surface area contributed by atoms with Crippen molar-refractivity contribution in [3.05, 3.63) is 35.9 Å². The number of nitrogens with zero attached hydrogens (tertiary/aromatic N) is 2. The lowest BCUT2D eigenvalue weighted by Crippen LogP contribution is -2.42. The van der Waals surface area contributed by atoms with E-state index in [0.717, 1.165) is 10.5 Å². The lowest BCUT2D eigenvalue weighted by atomic mass is 10.1. The number of carbonyl (C=O) groups is 4. The molecule has 1 atom stereocenters. The largest absolute Gasteiger partial charge is 0.348 e. The van der Waals surface area contributed by atoms with Crippen LogP contribution < -0.4 is 5.32 Å². The highest BCUT2D eigenvalue weighted by molar-refractivity contribution is 6.45. The molecule has 0 aliphatic carbocycles. The summed E-state index contributed by atoms with van der Waals surface area (Å²) in [6.45, 7) is 5.16. The molecule has 1 aliphatic rings. The maximum Gasteiger partial charge on any atom is 0.334 e. The summed E-state index contributed by atoms with van der Waals surface area (Å²) in [7, 11) is 0. The summed E-state index contributed by atoms with van der Waals surface area (Å²) >= 11 is 0. The van der Waals surface area contributed by atoms with Gasteiger partial charge in [-0.1, -0.05) is 44.2 Å². The summed E-state index contributed by atoms with van der Waals surface area (Å²) in [5.74, 6) is -2.29. The number of hydrogen-bond acceptors (Lipinski definition) is 4. The zero-order valence-corrected chi connectivity index (χ0v) is 14.0. The Morgan fingerprint density at radius 1 is 1.00 bits per heavy atom. The minimum absolute atomic E-state index is 0.0394. The lowest BCUT2D eigenvalue weighted by molar-refractivity contribution is -0.144. The highest BCUT2D eigenvalue weighted by Gasteiger charge is 2.45. The molecule has 0 bridgehead atoms. The van der Waals surface area contributed by atoms with E-state index in [2.05, 4.69) is 5.32 Å². The Kier molecular flexibility index (Phi) is 5.33. The van der Waals surface area contributed by atoms with E-state index in [-0.39, 0.29) is 18.5 Å². The van der Waals surface area contributed by atoms with E-state index in [1.807, 2.05) is 44.2 Å². The quantitative estimate of drug-likeness (QED) is 0.629. The molecule has 24 heavy (non-hydrogen) atoms. The van der Waals surface area contributed by atoms with Crippen LogP contribution in [0.2, 0.25) is 0 Å². The van der Waals surface area contributed by atoms with Gasteiger partial charge in [0.05, 0.1) is 6.04 Å². The van der Waals surface area contributed by atoms with Crippen LogP contribution in [-0.4, -0.2) is 46.6 Å². The molecule has 2 rings (SSSR count).